The number of halogens is 1. The predicted molar refractivity (Wildman–Crippen MR) is 121 cm³/mol. The largest absolute Gasteiger partial charge is 0.493 e. The normalized spacial score (nSPS) is 22.5. The monoisotopic (exact) mass is 463 g/mol. The number of hydrogen-bond donors (Lipinski definition) is 1. The Bertz CT molecular complexity index is 968. The summed E-state index contributed by atoms with van der Waals surface area (Å²) in [5.41, 5.74) is 6.80. The van der Waals surface area contributed by atoms with Gasteiger partial charge in [0.2, 0.25) is 5.88 Å². The number of hydrogen-bond acceptors (Lipinski definition) is 8. The number of nitrogens with zero attached hydrogens (tertiary/aromatic N) is 2. The fraction of sp³-hybridized carbons (Fsp3) is 0.565. The molecule has 0 bridgehead atoms. The van der Waals surface area contributed by atoms with Gasteiger partial charge in [-0.05, 0) is 13.0 Å². The summed E-state index contributed by atoms with van der Waals surface area (Å²) < 4.78 is 28.5. The lowest BCUT2D eigenvalue weighted by Crippen LogP contribution is -2.44. The highest BCUT2D eigenvalue weighted by atomic mass is 35.5. The first-order chi connectivity index (χ1) is 15.5. The number of aromatic nitrogens is 2. The van der Waals surface area contributed by atoms with Gasteiger partial charge in [-0.1, -0.05) is 24.6 Å². The van der Waals surface area contributed by atoms with Crippen molar-refractivity contribution < 1.29 is 23.7 Å². The van der Waals surface area contributed by atoms with E-state index in [1.165, 1.54) is 6.33 Å². The zero-order chi connectivity index (χ0) is 22.7. The molecule has 1 aromatic heterocycles. The Kier molecular flexibility index (Phi) is 7.35. The molecule has 1 aromatic carbocycles. The Morgan fingerprint density at radius 2 is 2.00 bits per heavy atom. The van der Waals surface area contributed by atoms with Crippen LogP contribution in [0.2, 0.25) is 0 Å². The molecule has 9 heteroatoms. The van der Waals surface area contributed by atoms with Gasteiger partial charge in [0.1, 0.15) is 18.5 Å². The van der Waals surface area contributed by atoms with E-state index >= 15 is 0 Å². The van der Waals surface area contributed by atoms with Crippen LogP contribution in [0.25, 0.3) is 10.9 Å². The summed E-state index contributed by atoms with van der Waals surface area (Å²) in [6.45, 7) is 6.58. The minimum absolute atomic E-state index is 0.0436. The van der Waals surface area contributed by atoms with Crippen LogP contribution in [-0.4, -0.2) is 61.8 Å². The molecule has 2 aromatic rings. The lowest BCUT2D eigenvalue weighted by Gasteiger charge is -2.37. The van der Waals surface area contributed by atoms with Crippen molar-refractivity contribution >= 4 is 22.5 Å². The summed E-state index contributed by atoms with van der Waals surface area (Å²) in [7, 11) is 1.61. The molecule has 2 aliphatic rings. The van der Waals surface area contributed by atoms with Gasteiger partial charge in [-0.15, -0.1) is 0 Å². The molecular weight excluding hydrogens is 434 g/mol. The third kappa shape index (κ3) is 4.93. The number of nitrogens with two attached hydrogens (primary N) is 1. The SMILES string of the molecule is COc1cc2c(O[C@@H](C)[C@H](C)[C@@H]3C(Cl)=CC3N)ncnc2cc1OCCCOC1COC1. The van der Waals surface area contributed by atoms with Gasteiger partial charge >= 0.3 is 0 Å². The van der Waals surface area contributed by atoms with Crippen LogP contribution < -0.4 is 19.9 Å². The summed E-state index contributed by atoms with van der Waals surface area (Å²) in [5.74, 6) is 1.93. The smallest absolute Gasteiger partial charge is 0.224 e. The van der Waals surface area contributed by atoms with Crippen LogP contribution in [0.15, 0.2) is 29.6 Å². The lowest BCUT2D eigenvalue weighted by atomic mass is 9.77. The van der Waals surface area contributed by atoms with Gasteiger partial charge in [-0.3, -0.25) is 0 Å². The molecule has 1 unspecified atom stereocenters. The zero-order valence-corrected chi connectivity index (χ0v) is 19.4. The van der Waals surface area contributed by atoms with Crippen molar-refractivity contribution in [2.45, 2.75) is 38.5 Å². The van der Waals surface area contributed by atoms with E-state index in [-0.39, 0.29) is 30.1 Å². The van der Waals surface area contributed by atoms with E-state index in [2.05, 4.69) is 16.9 Å². The Balaban J connectivity index is 1.43. The number of rotatable bonds is 11. The van der Waals surface area contributed by atoms with E-state index in [0.717, 1.165) is 16.8 Å². The molecule has 8 nitrogen and oxygen atoms in total. The molecule has 1 saturated heterocycles. The first kappa shape index (κ1) is 23.0. The fourth-order valence-electron chi connectivity index (χ4n) is 3.85. The minimum Gasteiger partial charge on any atom is -0.493 e. The molecule has 32 heavy (non-hydrogen) atoms. The Labute approximate surface area is 193 Å². The molecule has 174 valence electrons. The highest BCUT2D eigenvalue weighted by Gasteiger charge is 2.36. The molecule has 1 aliphatic heterocycles. The van der Waals surface area contributed by atoms with Gasteiger partial charge in [-0.25, -0.2) is 9.97 Å². The van der Waals surface area contributed by atoms with Gasteiger partial charge in [-0.2, -0.15) is 0 Å². The lowest BCUT2D eigenvalue weighted by molar-refractivity contribution is -0.130. The topological polar surface area (TPSA) is 98.0 Å². The fourth-order valence-corrected chi connectivity index (χ4v) is 4.34. The summed E-state index contributed by atoms with van der Waals surface area (Å²) in [4.78, 5) is 8.74. The average Bonchev–Trinajstić information content (AvgIpc) is 2.74. The van der Waals surface area contributed by atoms with E-state index in [0.29, 0.717) is 49.3 Å². The van der Waals surface area contributed by atoms with Crippen LogP contribution in [0.3, 0.4) is 0 Å². The first-order valence-corrected chi connectivity index (χ1v) is 11.3. The summed E-state index contributed by atoms with van der Waals surface area (Å²) in [6.07, 6.45) is 4.20. The van der Waals surface area contributed by atoms with Crippen molar-refractivity contribution in [3.63, 3.8) is 0 Å². The van der Waals surface area contributed by atoms with Crippen LogP contribution in [0.4, 0.5) is 0 Å². The maximum Gasteiger partial charge on any atom is 0.224 e. The quantitative estimate of drug-likeness (QED) is 0.507. The molecule has 0 spiro atoms. The third-order valence-corrected chi connectivity index (χ3v) is 6.46. The van der Waals surface area contributed by atoms with Crippen molar-refractivity contribution in [1.29, 1.82) is 0 Å². The molecule has 1 aliphatic carbocycles. The number of fused-ring (bicyclic) bond motifs is 1. The van der Waals surface area contributed by atoms with Crippen LogP contribution in [0, 0.1) is 11.8 Å². The summed E-state index contributed by atoms with van der Waals surface area (Å²) >= 11 is 6.25. The number of ether oxygens (including phenoxy) is 5. The van der Waals surface area contributed by atoms with Gasteiger partial charge in [0.05, 0.1) is 44.4 Å². The second-order valence-electron chi connectivity index (χ2n) is 8.27. The van der Waals surface area contributed by atoms with Crippen molar-refractivity contribution in [2.75, 3.05) is 33.5 Å². The zero-order valence-electron chi connectivity index (χ0n) is 18.6. The molecular formula is C23H30ClN3O5. The Morgan fingerprint density at radius 3 is 2.66 bits per heavy atom. The minimum atomic E-state index is -0.144. The molecule has 4 rings (SSSR count). The van der Waals surface area contributed by atoms with Gasteiger partial charge < -0.3 is 29.4 Å². The van der Waals surface area contributed by atoms with E-state index in [1.807, 2.05) is 25.1 Å². The standard InChI is InChI=1S/C23H30ClN3O5/c1-13(22-17(24)8-18(22)25)14(2)32-23-16-7-20(28-3)21(9-19(16)26-12-27-23)31-6-4-5-30-15-10-29-11-15/h7-9,12-15,18,22H,4-6,10-11,25H2,1-3H3/t13-,14-,18?,22+/m0/s1. The summed E-state index contributed by atoms with van der Waals surface area (Å²) in [6, 6.07) is 3.65. The Morgan fingerprint density at radius 1 is 1.19 bits per heavy atom. The highest BCUT2D eigenvalue weighted by Crippen LogP contribution is 2.39. The Hall–Kier alpha value is -2.13. The van der Waals surface area contributed by atoms with Crippen LogP contribution in [0.1, 0.15) is 20.3 Å². The second kappa shape index (κ2) is 10.2. The molecule has 0 amide bonds. The number of benzene rings is 1. The van der Waals surface area contributed by atoms with Crippen LogP contribution >= 0.6 is 11.6 Å². The number of methoxy groups -OCH3 is 1. The van der Waals surface area contributed by atoms with Crippen molar-refractivity contribution in [2.24, 2.45) is 17.6 Å². The molecule has 0 saturated carbocycles. The highest BCUT2D eigenvalue weighted by molar-refractivity contribution is 6.30. The average molecular weight is 464 g/mol. The third-order valence-electron chi connectivity index (χ3n) is 6.08. The van der Waals surface area contributed by atoms with E-state index in [9.17, 15) is 0 Å². The van der Waals surface area contributed by atoms with Crippen LogP contribution in [-0.2, 0) is 9.47 Å². The maximum atomic E-state index is 6.25. The first-order valence-electron chi connectivity index (χ1n) is 10.9. The van der Waals surface area contributed by atoms with E-state index in [1.54, 1.807) is 7.11 Å². The molecule has 2 N–H and O–H groups in total. The van der Waals surface area contributed by atoms with E-state index < -0.39 is 0 Å². The van der Waals surface area contributed by atoms with Crippen LogP contribution in [0.5, 0.6) is 17.4 Å². The maximum absolute atomic E-state index is 6.25. The summed E-state index contributed by atoms with van der Waals surface area (Å²) in [5, 5.41) is 1.55. The predicted octanol–water partition coefficient (Wildman–Crippen LogP) is 3.31. The second-order valence-corrected chi connectivity index (χ2v) is 8.70. The van der Waals surface area contributed by atoms with Crippen molar-refractivity contribution in [1.82, 2.24) is 9.97 Å². The molecule has 2 heterocycles. The molecule has 0 radical (unpaired) electrons. The van der Waals surface area contributed by atoms with Gasteiger partial charge in [0.25, 0.3) is 0 Å². The molecule has 1 fully saturated rings. The van der Waals surface area contributed by atoms with Gasteiger partial charge in [0, 0.05) is 35.4 Å². The van der Waals surface area contributed by atoms with Gasteiger partial charge in [0.15, 0.2) is 11.5 Å². The van der Waals surface area contributed by atoms with Crippen molar-refractivity contribution in [3.8, 4) is 17.4 Å². The molecule has 4 atom stereocenters. The van der Waals surface area contributed by atoms with E-state index in [4.69, 9.17) is 41.0 Å². The van der Waals surface area contributed by atoms with Crippen molar-refractivity contribution in [3.05, 3.63) is 29.6 Å².